The Labute approximate surface area is 173 Å². The average Bonchev–Trinajstić information content (AvgIpc) is 3.04. The monoisotopic (exact) mass is 401 g/mol. The third-order valence-electron chi connectivity index (χ3n) is 5.01. The minimum absolute atomic E-state index is 0.694. The summed E-state index contributed by atoms with van der Waals surface area (Å²) < 4.78 is 2.10. The van der Waals surface area contributed by atoms with Crippen molar-refractivity contribution < 1.29 is 4.57 Å². The number of thioether (sulfide) groups is 1. The van der Waals surface area contributed by atoms with Gasteiger partial charge < -0.3 is 4.90 Å². The Balaban J connectivity index is 1.69. The SMILES string of the molecule is CN1/C(=C/c2cc(Cl)[n+](-c3ccccc3)c3ccccc23)Sc2ccccc21. The minimum atomic E-state index is 0.694. The molecule has 0 saturated heterocycles. The summed E-state index contributed by atoms with van der Waals surface area (Å²) in [5, 5.41) is 3.06. The molecule has 5 rings (SSSR count). The van der Waals surface area contributed by atoms with E-state index in [4.69, 9.17) is 11.6 Å². The molecule has 1 aliphatic rings. The molecule has 136 valence electrons. The summed E-state index contributed by atoms with van der Waals surface area (Å²) in [6.07, 6.45) is 2.23. The van der Waals surface area contributed by atoms with Gasteiger partial charge in [0.25, 0.3) is 5.15 Å². The molecule has 0 amide bonds. The number of aromatic nitrogens is 1. The predicted molar refractivity (Wildman–Crippen MR) is 119 cm³/mol. The molecule has 0 unspecified atom stereocenters. The van der Waals surface area contributed by atoms with Crippen LogP contribution < -0.4 is 9.47 Å². The highest BCUT2D eigenvalue weighted by molar-refractivity contribution is 8.03. The van der Waals surface area contributed by atoms with Crippen molar-refractivity contribution in [1.29, 1.82) is 0 Å². The van der Waals surface area contributed by atoms with Crippen molar-refractivity contribution in [2.45, 2.75) is 4.90 Å². The van der Waals surface area contributed by atoms with Gasteiger partial charge in [-0.25, -0.2) is 0 Å². The smallest absolute Gasteiger partial charge is 0.281 e. The van der Waals surface area contributed by atoms with E-state index in [9.17, 15) is 0 Å². The van der Waals surface area contributed by atoms with Gasteiger partial charge in [-0.2, -0.15) is 0 Å². The number of benzene rings is 3. The van der Waals surface area contributed by atoms with Crippen LogP contribution in [0.2, 0.25) is 5.15 Å². The van der Waals surface area contributed by atoms with Crippen molar-refractivity contribution in [3.63, 3.8) is 0 Å². The number of pyridine rings is 1. The van der Waals surface area contributed by atoms with Crippen LogP contribution in [-0.4, -0.2) is 7.05 Å². The van der Waals surface area contributed by atoms with Crippen LogP contribution in [0.25, 0.3) is 22.7 Å². The zero-order chi connectivity index (χ0) is 19.1. The lowest BCUT2D eigenvalue weighted by molar-refractivity contribution is -0.564. The van der Waals surface area contributed by atoms with E-state index in [0.717, 1.165) is 16.8 Å². The van der Waals surface area contributed by atoms with Crippen molar-refractivity contribution in [2.75, 3.05) is 11.9 Å². The Bertz CT molecular complexity index is 1220. The summed E-state index contributed by atoms with van der Waals surface area (Å²) >= 11 is 8.56. The topological polar surface area (TPSA) is 7.12 Å². The maximum atomic E-state index is 6.77. The van der Waals surface area contributed by atoms with Gasteiger partial charge in [-0.05, 0) is 41.4 Å². The molecule has 1 aliphatic heterocycles. The summed E-state index contributed by atoms with van der Waals surface area (Å²) in [5.74, 6) is 0. The molecule has 0 spiro atoms. The molecule has 0 saturated carbocycles. The molecule has 0 bridgehead atoms. The van der Waals surface area contributed by atoms with Crippen molar-refractivity contribution in [3.8, 4) is 5.69 Å². The van der Waals surface area contributed by atoms with Gasteiger partial charge in [0.1, 0.15) is 0 Å². The lowest BCUT2D eigenvalue weighted by Crippen LogP contribution is -2.33. The third kappa shape index (κ3) is 2.88. The van der Waals surface area contributed by atoms with Crippen LogP contribution in [0, 0.1) is 0 Å². The van der Waals surface area contributed by atoms with E-state index >= 15 is 0 Å². The summed E-state index contributed by atoms with van der Waals surface area (Å²) in [5.41, 5.74) is 4.51. The Hall–Kier alpha value is -2.75. The second-order valence-electron chi connectivity index (χ2n) is 6.72. The van der Waals surface area contributed by atoms with E-state index in [0.29, 0.717) is 5.15 Å². The fourth-order valence-corrected chi connectivity index (χ4v) is 5.05. The van der Waals surface area contributed by atoms with Crippen molar-refractivity contribution in [2.24, 2.45) is 0 Å². The highest BCUT2D eigenvalue weighted by atomic mass is 35.5. The Morgan fingerprint density at radius 2 is 1.61 bits per heavy atom. The van der Waals surface area contributed by atoms with Crippen LogP contribution in [0.1, 0.15) is 5.56 Å². The van der Waals surface area contributed by atoms with Crippen LogP contribution >= 0.6 is 23.4 Å². The Morgan fingerprint density at radius 1 is 0.893 bits per heavy atom. The van der Waals surface area contributed by atoms with E-state index < -0.39 is 0 Å². The highest BCUT2D eigenvalue weighted by Crippen LogP contribution is 2.45. The largest absolute Gasteiger partial charge is 0.338 e. The normalized spacial score (nSPS) is 14.6. The lowest BCUT2D eigenvalue weighted by atomic mass is 10.1. The average molecular weight is 402 g/mol. The molecule has 4 aromatic rings. The summed E-state index contributed by atoms with van der Waals surface area (Å²) in [4.78, 5) is 3.52. The number of hydrogen-bond donors (Lipinski definition) is 0. The van der Waals surface area contributed by atoms with E-state index in [1.165, 1.54) is 21.0 Å². The van der Waals surface area contributed by atoms with Crippen LogP contribution in [0.15, 0.2) is 94.9 Å². The van der Waals surface area contributed by atoms with Crippen molar-refractivity contribution >= 4 is 46.0 Å². The molecule has 0 fully saturated rings. The Morgan fingerprint density at radius 3 is 2.43 bits per heavy atom. The van der Waals surface area contributed by atoms with Gasteiger partial charge in [-0.1, -0.05) is 54.2 Å². The van der Waals surface area contributed by atoms with Gasteiger partial charge >= 0.3 is 0 Å². The lowest BCUT2D eigenvalue weighted by Gasteiger charge is -2.14. The molecule has 0 atom stereocenters. The van der Waals surface area contributed by atoms with Crippen LogP contribution in [0.4, 0.5) is 5.69 Å². The maximum Gasteiger partial charge on any atom is 0.281 e. The fourth-order valence-electron chi connectivity index (χ4n) is 3.64. The Kier molecular flexibility index (Phi) is 4.34. The van der Waals surface area contributed by atoms with Crippen LogP contribution in [-0.2, 0) is 0 Å². The molecule has 3 aromatic carbocycles. The van der Waals surface area contributed by atoms with Gasteiger partial charge in [0.05, 0.1) is 16.1 Å². The number of anilines is 1. The molecule has 2 heterocycles. The van der Waals surface area contributed by atoms with Gasteiger partial charge in [0.15, 0.2) is 0 Å². The first-order valence-electron chi connectivity index (χ1n) is 9.13. The molecule has 4 heteroatoms. The maximum absolute atomic E-state index is 6.77. The first-order chi connectivity index (χ1) is 13.7. The molecule has 2 nitrogen and oxygen atoms in total. The van der Waals surface area contributed by atoms with E-state index in [1.54, 1.807) is 11.8 Å². The van der Waals surface area contributed by atoms with E-state index in [1.807, 2.05) is 18.2 Å². The van der Waals surface area contributed by atoms with E-state index in [2.05, 4.69) is 89.3 Å². The zero-order valence-corrected chi connectivity index (χ0v) is 16.9. The number of nitrogens with zero attached hydrogens (tertiary/aromatic N) is 2. The van der Waals surface area contributed by atoms with Gasteiger partial charge in [-0.15, -0.1) is 4.57 Å². The number of para-hydroxylation sites is 3. The minimum Gasteiger partial charge on any atom is -0.338 e. The van der Waals surface area contributed by atoms with Gasteiger partial charge in [0, 0.05) is 36.2 Å². The molecule has 0 radical (unpaired) electrons. The summed E-state index contributed by atoms with van der Waals surface area (Å²) in [7, 11) is 2.11. The first kappa shape index (κ1) is 17.4. The molecule has 1 aromatic heterocycles. The molecular formula is C24H18ClN2S+. The van der Waals surface area contributed by atoms with Gasteiger partial charge in [-0.3, -0.25) is 0 Å². The second kappa shape index (κ2) is 7.01. The summed E-state index contributed by atoms with van der Waals surface area (Å²) in [6, 6.07) is 29.2. The van der Waals surface area contributed by atoms with Crippen LogP contribution in [0.5, 0.6) is 0 Å². The number of halogens is 1. The quantitative estimate of drug-likeness (QED) is 0.287. The second-order valence-corrected chi connectivity index (χ2v) is 8.17. The number of hydrogen-bond acceptors (Lipinski definition) is 2. The fraction of sp³-hybridized carbons (Fsp3) is 0.0417. The van der Waals surface area contributed by atoms with Crippen molar-refractivity contribution in [3.05, 3.63) is 101 Å². The van der Waals surface area contributed by atoms with E-state index in [-0.39, 0.29) is 0 Å². The van der Waals surface area contributed by atoms with Crippen LogP contribution in [0.3, 0.4) is 0 Å². The third-order valence-corrected chi connectivity index (χ3v) is 6.45. The molecular weight excluding hydrogens is 384 g/mol. The molecule has 28 heavy (non-hydrogen) atoms. The zero-order valence-electron chi connectivity index (χ0n) is 15.3. The van der Waals surface area contributed by atoms with Crippen molar-refractivity contribution in [1.82, 2.24) is 0 Å². The number of rotatable bonds is 2. The highest BCUT2D eigenvalue weighted by Gasteiger charge is 2.24. The first-order valence-corrected chi connectivity index (χ1v) is 10.3. The number of fused-ring (bicyclic) bond motifs is 2. The van der Waals surface area contributed by atoms with Gasteiger partial charge in [0.2, 0.25) is 11.2 Å². The summed E-state index contributed by atoms with van der Waals surface area (Å²) in [6.45, 7) is 0. The molecule has 0 aliphatic carbocycles. The predicted octanol–water partition coefficient (Wildman–Crippen LogP) is 6.31. The molecule has 0 N–H and O–H groups in total. The standard InChI is InChI=1S/C24H18ClN2S/c1-26-21-13-7-8-14-22(21)28-24(26)16-17-15-23(25)27(18-9-3-2-4-10-18)20-12-6-5-11-19(17)20/h2-16H,1H3/q+1.